The first-order valence-corrected chi connectivity index (χ1v) is 18.5. The highest BCUT2D eigenvalue weighted by Crippen LogP contribution is 2.47. The van der Waals surface area contributed by atoms with Gasteiger partial charge < -0.3 is 14.4 Å². The van der Waals surface area contributed by atoms with Gasteiger partial charge in [0.2, 0.25) is 10.0 Å². The summed E-state index contributed by atoms with van der Waals surface area (Å²) in [6.45, 7) is 3.89. The number of carbonyl (C=O) groups excluding carboxylic acids is 1. The summed E-state index contributed by atoms with van der Waals surface area (Å²) in [5.41, 5.74) is 3.36. The average molecular weight is 680 g/mol. The molecule has 4 aliphatic rings. The monoisotopic (exact) mass is 679 g/mol. The second-order valence-corrected chi connectivity index (χ2v) is 16.2. The summed E-state index contributed by atoms with van der Waals surface area (Å²) in [6.07, 6.45) is 11.6. The van der Waals surface area contributed by atoms with Crippen molar-refractivity contribution < 1.29 is 22.7 Å². The Balaban J connectivity index is 1.26. The molecule has 1 amide bonds. The summed E-state index contributed by atoms with van der Waals surface area (Å²) in [6, 6.07) is 11.5. The van der Waals surface area contributed by atoms with Crippen LogP contribution < -0.4 is 14.4 Å². The Labute approximate surface area is 281 Å². The predicted molar refractivity (Wildman–Crippen MR) is 180 cm³/mol. The largest absolute Gasteiger partial charge is 0.490 e. The van der Waals surface area contributed by atoms with Gasteiger partial charge in [-0.25, -0.2) is 18.1 Å². The van der Waals surface area contributed by atoms with Crippen molar-refractivity contribution in [2.75, 3.05) is 24.6 Å². The third-order valence-electron chi connectivity index (χ3n) is 10.5. The molecule has 1 saturated carbocycles. The molecule has 10 nitrogen and oxygen atoms in total. The maximum absolute atomic E-state index is 13.4. The Morgan fingerprint density at radius 1 is 1.17 bits per heavy atom. The lowest BCUT2D eigenvalue weighted by atomic mass is 9.68. The summed E-state index contributed by atoms with van der Waals surface area (Å²) in [4.78, 5) is 20.1. The molecular formula is C35H42ClN5O5S. The highest BCUT2D eigenvalue weighted by atomic mass is 35.5. The van der Waals surface area contributed by atoms with Gasteiger partial charge in [-0.3, -0.25) is 9.48 Å². The fourth-order valence-electron chi connectivity index (χ4n) is 7.74. The lowest BCUT2D eigenvalue weighted by molar-refractivity contribution is -0.0248. The molecule has 3 heterocycles. The normalized spacial score (nSPS) is 29.4. The number of halogens is 1. The first-order chi connectivity index (χ1) is 22.6. The second-order valence-electron chi connectivity index (χ2n) is 13.7. The Morgan fingerprint density at radius 2 is 2.04 bits per heavy atom. The molecule has 0 saturated heterocycles. The van der Waals surface area contributed by atoms with Crippen molar-refractivity contribution in [3.63, 3.8) is 0 Å². The van der Waals surface area contributed by atoms with Crippen molar-refractivity contribution >= 4 is 33.2 Å². The number of allylic oxidation sites excluding steroid dienone is 1. The molecule has 12 heteroatoms. The first-order valence-electron chi connectivity index (χ1n) is 16.6. The van der Waals surface area contributed by atoms with Crippen LogP contribution in [0.5, 0.6) is 5.75 Å². The van der Waals surface area contributed by atoms with Crippen LogP contribution in [0.1, 0.15) is 72.8 Å². The Kier molecular flexibility index (Phi) is 8.82. The average Bonchev–Trinajstić information content (AvgIpc) is 3.39. The number of aromatic nitrogens is 3. The fourth-order valence-corrected chi connectivity index (χ4v) is 8.96. The number of aryl methyl sites for hydroxylation is 2. The Bertz CT molecular complexity index is 1790. The minimum absolute atomic E-state index is 0.169. The van der Waals surface area contributed by atoms with E-state index in [9.17, 15) is 13.2 Å². The number of sulfonamides is 1. The van der Waals surface area contributed by atoms with E-state index in [1.807, 2.05) is 25.3 Å². The van der Waals surface area contributed by atoms with Gasteiger partial charge in [-0.05, 0) is 105 Å². The van der Waals surface area contributed by atoms with E-state index in [1.165, 1.54) is 11.1 Å². The molecule has 250 valence electrons. The van der Waals surface area contributed by atoms with Crippen molar-refractivity contribution in [1.29, 1.82) is 0 Å². The van der Waals surface area contributed by atoms with Gasteiger partial charge in [0, 0.05) is 36.1 Å². The number of fused-ring (bicyclic) bond motifs is 4. The smallest absolute Gasteiger partial charge is 0.264 e. The van der Waals surface area contributed by atoms with Crippen LogP contribution in [0, 0.1) is 11.8 Å². The molecule has 2 bridgehead atoms. The maximum Gasteiger partial charge on any atom is 0.264 e. The summed E-state index contributed by atoms with van der Waals surface area (Å²) >= 11 is 6.44. The molecule has 5 atom stereocenters. The fraction of sp³-hybridized carbons (Fsp3) is 0.514. The molecule has 0 radical (unpaired) electrons. The van der Waals surface area contributed by atoms with Crippen LogP contribution >= 0.6 is 11.6 Å². The summed E-state index contributed by atoms with van der Waals surface area (Å²) < 4.78 is 43.5. The predicted octanol–water partition coefficient (Wildman–Crippen LogP) is 5.35. The van der Waals surface area contributed by atoms with Gasteiger partial charge in [0.1, 0.15) is 18.7 Å². The van der Waals surface area contributed by atoms with Gasteiger partial charge in [-0.15, -0.1) is 0 Å². The molecule has 7 rings (SSSR count). The van der Waals surface area contributed by atoms with Gasteiger partial charge in [-0.2, -0.15) is 5.10 Å². The zero-order valence-corrected chi connectivity index (χ0v) is 28.5. The number of rotatable bonds is 3. The number of nitrogens with zero attached hydrogens (tertiary/aromatic N) is 4. The van der Waals surface area contributed by atoms with Gasteiger partial charge in [-0.1, -0.05) is 29.8 Å². The van der Waals surface area contributed by atoms with Crippen LogP contribution in [0.25, 0.3) is 0 Å². The zero-order valence-electron chi connectivity index (χ0n) is 26.9. The molecule has 2 aliphatic heterocycles. The quantitative estimate of drug-likeness (QED) is 0.369. The number of carbonyl (C=O) groups is 1. The summed E-state index contributed by atoms with van der Waals surface area (Å²) in [5.74, 6) is 1.29. The first kappa shape index (κ1) is 32.2. The van der Waals surface area contributed by atoms with Crippen LogP contribution in [0.2, 0.25) is 5.02 Å². The minimum atomic E-state index is -3.89. The minimum Gasteiger partial charge on any atom is -0.490 e. The molecule has 2 aromatic carbocycles. The lowest BCUT2D eigenvalue weighted by Gasteiger charge is -2.46. The summed E-state index contributed by atoms with van der Waals surface area (Å²) in [7, 11) is -2.06. The molecule has 0 unspecified atom stereocenters. The number of benzene rings is 2. The molecule has 1 N–H and O–H groups in total. The number of hydrogen-bond donors (Lipinski definition) is 1. The molecule has 1 fully saturated rings. The molecule has 47 heavy (non-hydrogen) atoms. The lowest BCUT2D eigenvalue weighted by Crippen LogP contribution is -2.49. The van der Waals surface area contributed by atoms with E-state index in [0.717, 1.165) is 49.4 Å². The van der Waals surface area contributed by atoms with E-state index in [1.54, 1.807) is 30.1 Å². The van der Waals surface area contributed by atoms with Gasteiger partial charge >= 0.3 is 0 Å². The zero-order chi connectivity index (χ0) is 32.8. The van der Waals surface area contributed by atoms with Crippen LogP contribution in [-0.2, 0) is 40.3 Å². The summed E-state index contributed by atoms with van der Waals surface area (Å²) in [5, 5.41) is 4.38. The van der Waals surface area contributed by atoms with Crippen molar-refractivity contribution in [2.24, 2.45) is 18.9 Å². The van der Waals surface area contributed by atoms with Crippen molar-refractivity contribution in [1.82, 2.24) is 19.5 Å². The van der Waals surface area contributed by atoms with E-state index in [0.29, 0.717) is 55.7 Å². The number of nitrogens with one attached hydrogen (secondary N) is 1. The van der Waals surface area contributed by atoms with E-state index in [2.05, 4.69) is 37.9 Å². The van der Waals surface area contributed by atoms with Crippen molar-refractivity contribution in [3.8, 4) is 5.75 Å². The number of amides is 1. The molecule has 1 spiro atoms. The Morgan fingerprint density at radius 3 is 2.83 bits per heavy atom. The van der Waals surface area contributed by atoms with Crippen molar-refractivity contribution in [2.45, 2.75) is 75.2 Å². The maximum atomic E-state index is 13.4. The third kappa shape index (κ3) is 6.54. The number of hydrogen-bond acceptors (Lipinski definition) is 8. The molecule has 2 aliphatic carbocycles. The Hall–Kier alpha value is -3.41. The van der Waals surface area contributed by atoms with Crippen molar-refractivity contribution in [3.05, 3.63) is 82.4 Å². The van der Waals surface area contributed by atoms with E-state index in [4.69, 9.17) is 21.1 Å². The van der Waals surface area contributed by atoms with Crippen LogP contribution in [0.3, 0.4) is 0 Å². The highest BCUT2D eigenvalue weighted by molar-refractivity contribution is 7.90. The van der Waals surface area contributed by atoms with Gasteiger partial charge in [0.15, 0.2) is 5.82 Å². The second kappa shape index (κ2) is 12.9. The standard InChI is InChI=1S/C35H42ClN5O5S/c1-23-6-3-4-8-31(45-19-33-37-22-40(2)38-33)28-12-9-26(28)18-41-20-35(15-5-7-24-16-27(36)11-13-29(24)35)21-46-32-14-10-25(17-30(32)41)34(42)39-47(23,43)44/h4,8,10-11,13-14,16-17,22-23,26,28,31H,3,5-7,9,12,15,18-21H2,1-2H3,(H,39,42)/b8-4-/t23-,26+,28-,31+,35+/m1/s1. The van der Waals surface area contributed by atoms with Gasteiger partial charge in [0.25, 0.3) is 5.91 Å². The number of ether oxygens (including phenoxy) is 2. The molecular weight excluding hydrogens is 638 g/mol. The SMILES string of the molecule is C[C@@H]1CC/C=C\[C@H](OCc2ncn(C)n2)[C@@H]2CC[C@H]2CN2C[C@@]3(CCCc4cc(Cl)ccc43)COc3ccc(cc32)C(=O)NS1(=O)=O. The van der Waals surface area contributed by atoms with E-state index >= 15 is 0 Å². The topological polar surface area (TPSA) is 116 Å². The molecule has 3 aromatic rings. The van der Waals surface area contributed by atoms with Gasteiger partial charge in [0.05, 0.1) is 23.6 Å². The number of anilines is 1. The van der Waals surface area contributed by atoms with E-state index in [-0.39, 0.29) is 17.4 Å². The molecule has 1 aromatic heterocycles. The highest BCUT2D eigenvalue weighted by Gasteiger charge is 2.44. The van der Waals surface area contributed by atoms with Crippen LogP contribution in [0.4, 0.5) is 5.69 Å². The van der Waals surface area contributed by atoms with Crippen LogP contribution in [-0.4, -0.2) is 60.1 Å². The van der Waals surface area contributed by atoms with Crippen LogP contribution in [0.15, 0.2) is 54.9 Å². The van der Waals surface area contributed by atoms with E-state index < -0.39 is 21.2 Å². The third-order valence-corrected chi connectivity index (χ3v) is 12.5.